The Hall–Kier alpha value is -3.45. The Morgan fingerprint density at radius 3 is 2.23 bits per heavy atom. The summed E-state index contributed by atoms with van der Waals surface area (Å²) in [6, 6.07) is 20.0. The maximum atomic E-state index is 13.1. The van der Waals surface area contributed by atoms with E-state index in [4.69, 9.17) is 0 Å². The molecule has 3 aromatic carbocycles. The van der Waals surface area contributed by atoms with Crippen LogP contribution in [0.1, 0.15) is 28.9 Å². The van der Waals surface area contributed by atoms with E-state index in [1.165, 1.54) is 34.6 Å². The van der Waals surface area contributed by atoms with E-state index in [1.54, 1.807) is 61.5 Å². The minimum atomic E-state index is -3.78. The van der Waals surface area contributed by atoms with Crippen molar-refractivity contribution in [2.75, 3.05) is 10.8 Å². The van der Waals surface area contributed by atoms with E-state index in [0.717, 1.165) is 5.56 Å². The molecule has 0 fully saturated rings. The molecule has 0 aliphatic heterocycles. The van der Waals surface area contributed by atoms with Crippen molar-refractivity contribution in [1.82, 2.24) is 5.32 Å². The zero-order chi connectivity index (χ0) is 22.4. The minimum absolute atomic E-state index is 0.0877. The molecule has 0 aromatic heterocycles. The van der Waals surface area contributed by atoms with Crippen molar-refractivity contribution in [3.63, 3.8) is 0 Å². The molecule has 1 N–H and O–H groups in total. The van der Waals surface area contributed by atoms with Crippen molar-refractivity contribution in [2.45, 2.75) is 17.9 Å². The van der Waals surface area contributed by atoms with Gasteiger partial charge in [-0.25, -0.2) is 12.8 Å². The molecule has 5 nitrogen and oxygen atoms in total. The highest BCUT2D eigenvalue weighted by Crippen LogP contribution is 2.24. The van der Waals surface area contributed by atoms with Gasteiger partial charge in [-0.15, -0.1) is 6.58 Å². The van der Waals surface area contributed by atoms with E-state index in [9.17, 15) is 17.6 Å². The summed E-state index contributed by atoms with van der Waals surface area (Å²) < 4.78 is 40.4. The molecular formula is C24H23FN2O3S. The molecule has 1 amide bonds. The summed E-state index contributed by atoms with van der Waals surface area (Å²) in [5.41, 5.74) is 1.58. The summed E-state index contributed by atoms with van der Waals surface area (Å²) in [4.78, 5) is 12.8. The lowest BCUT2D eigenvalue weighted by atomic mass is 10.1. The van der Waals surface area contributed by atoms with Gasteiger partial charge in [-0.2, -0.15) is 0 Å². The number of sulfonamides is 1. The Balaban J connectivity index is 1.79. The quantitative estimate of drug-likeness (QED) is 0.519. The molecule has 0 bridgehead atoms. The molecule has 0 aliphatic carbocycles. The van der Waals surface area contributed by atoms with Gasteiger partial charge in [0.15, 0.2) is 0 Å². The lowest BCUT2D eigenvalue weighted by Crippen LogP contribution is -2.31. The predicted molar refractivity (Wildman–Crippen MR) is 120 cm³/mol. The first-order valence-corrected chi connectivity index (χ1v) is 11.1. The van der Waals surface area contributed by atoms with Gasteiger partial charge in [0.1, 0.15) is 5.82 Å². The molecule has 3 rings (SSSR count). The molecule has 160 valence electrons. The number of hydrogen-bond acceptors (Lipinski definition) is 3. The van der Waals surface area contributed by atoms with Crippen molar-refractivity contribution in [2.24, 2.45) is 0 Å². The Morgan fingerprint density at radius 1 is 1.03 bits per heavy atom. The first kappa shape index (κ1) is 22.2. The largest absolute Gasteiger partial charge is 0.346 e. The van der Waals surface area contributed by atoms with Gasteiger partial charge < -0.3 is 5.32 Å². The number of carbonyl (C=O) groups is 1. The Morgan fingerprint density at radius 2 is 1.65 bits per heavy atom. The Kier molecular flexibility index (Phi) is 6.87. The molecule has 0 radical (unpaired) electrons. The van der Waals surface area contributed by atoms with Crippen LogP contribution in [-0.4, -0.2) is 20.9 Å². The highest BCUT2D eigenvalue weighted by Gasteiger charge is 2.24. The second-order valence-corrected chi connectivity index (χ2v) is 8.79. The third kappa shape index (κ3) is 5.19. The van der Waals surface area contributed by atoms with Gasteiger partial charge >= 0.3 is 0 Å². The number of benzene rings is 3. The van der Waals surface area contributed by atoms with Gasteiger partial charge in [-0.1, -0.05) is 36.4 Å². The zero-order valence-corrected chi connectivity index (χ0v) is 17.8. The highest BCUT2D eigenvalue weighted by atomic mass is 32.2. The standard InChI is InChI=1S/C24H23FN2O3S/c1-3-17-27(31(29,30)23-7-5-4-6-8-23)22-15-11-20(12-16-22)24(28)26-18(2)19-9-13-21(25)14-10-19/h3-16,18H,1,17H2,2H3,(H,26,28)/t18-/m1/s1. The van der Waals surface area contributed by atoms with Crippen LogP contribution in [0.15, 0.2) is 96.4 Å². The Bertz CT molecular complexity index is 1150. The van der Waals surface area contributed by atoms with Crippen LogP contribution in [0.5, 0.6) is 0 Å². The zero-order valence-electron chi connectivity index (χ0n) is 17.0. The molecule has 0 unspecified atom stereocenters. The molecular weight excluding hydrogens is 415 g/mol. The van der Waals surface area contributed by atoms with Crippen molar-refractivity contribution in [3.05, 3.63) is 108 Å². The van der Waals surface area contributed by atoms with Gasteiger partial charge in [0, 0.05) is 5.56 Å². The number of carbonyl (C=O) groups excluding carboxylic acids is 1. The topological polar surface area (TPSA) is 66.5 Å². The normalized spacial score (nSPS) is 12.1. The number of halogens is 1. The number of anilines is 1. The van der Waals surface area contributed by atoms with Gasteiger partial charge in [0.2, 0.25) is 0 Å². The SMILES string of the molecule is C=CCN(c1ccc(C(=O)N[C@H](C)c2ccc(F)cc2)cc1)S(=O)(=O)c1ccccc1. The van der Waals surface area contributed by atoms with Gasteiger partial charge in [0.25, 0.3) is 15.9 Å². The summed E-state index contributed by atoms with van der Waals surface area (Å²) >= 11 is 0. The lowest BCUT2D eigenvalue weighted by molar-refractivity contribution is 0.0940. The molecule has 0 aliphatic rings. The smallest absolute Gasteiger partial charge is 0.264 e. The van der Waals surface area contributed by atoms with Crippen molar-refractivity contribution in [3.8, 4) is 0 Å². The summed E-state index contributed by atoms with van der Waals surface area (Å²) in [6.07, 6.45) is 1.51. The molecule has 0 spiro atoms. The van der Waals surface area contributed by atoms with Crippen LogP contribution in [0.25, 0.3) is 0 Å². The number of nitrogens with zero attached hydrogens (tertiary/aromatic N) is 1. The van der Waals surface area contributed by atoms with Crippen LogP contribution < -0.4 is 9.62 Å². The fraction of sp³-hybridized carbons (Fsp3) is 0.125. The average molecular weight is 439 g/mol. The second kappa shape index (κ2) is 9.57. The number of nitrogens with one attached hydrogen (secondary N) is 1. The van der Waals surface area contributed by atoms with Crippen molar-refractivity contribution < 1.29 is 17.6 Å². The summed E-state index contributed by atoms with van der Waals surface area (Å²) in [7, 11) is -3.78. The van der Waals surface area contributed by atoms with Gasteiger partial charge in [-0.05, 0) is 61.0 Å². The average Bonchev–Trinajstić information content (AvgIpc) is 2.78. The van der Waals surface area contributed by atoms with Gasteiger partial charge in [0.05, 0.1) is 23.2 Å². The van der Waals surface area contributed by atoms with Gasteiger partial charge in [-0.3, -0.25) is 9.10 Å². The third-order valence-electron chi connectivity index (χ3n) is 4.76. The molecule has 31 heavy (non-hydrogen) atoms. The van der Waals surface area contributed by atoms with E-state index in [-0.39, 0.29) is 29.2 Å². The van der Waals surface area contributed by atoms with Crippen molar-refractivity contribution >= 4 is 21.6 Å². The number of hydrogen-bond donors (Lipinski definition) is 1. The Labute approximate surface area is 181 Å². The van der Waals surface area contributed by atoms with Crippen LogP contribution in [-0.2, 0) is 10.0 Å². The van der Waals surface area contributed by atoms with E-state index in [2.05, 4.69) is 11.9 Å². The summed E-state index contributed by atoms with van der Waals surface area (Å²) in [5, 5.41) is 2.85. The van der Waals surface area contributed by atoms with Crippen LogP contribution in [0, 0.1) is 5.82 Å². The highest BCUT2D eigenvalue weighted by molar-refractivity contribution is 7.92. The van der Waals surface area contributed by atoms with Crippen LogP contribution in [0.3, 0.4) is 0 Å². The minimum Gasteiger partial charge on any atom is -0.346 e. The predicted octanol–water partition coefficient (Wildman–Crippen LogP) is 4.70. The summed E-state index contributed by atoms with van der Waals surface area (Å²) in [6.45, 7) is 5.54. The molecule has 0 saturated heterocycles. The first-order chi connectivity index (χ1) is 14.8. The fourth-order valence-electron chi connectivity index (χ4n) is 3.07. The van der Waals surface area contributed by atoms with Crippen LogP contribution >= 0.6 is 0 Å². The van der Waals surface area contributed by atoms with Crippen LogP contribution in [0.4, 0.5) is 10.1 Å². The molecule has 7 heteroatoms. The summed E-state index contributed by atoms with van der Waals surface area (Å²) in [5.74, 6) is -0.656. The monoisotopic (exact) mass is 438 g/mol. The maximum absolute atomic E-state index is 13.1. The fourth-order valence-corrected chi connectivity index (χ4v) is 4.53. The van der Waals surface area contributed by atoms with E-state index in [0.29, 0.717) is 11.3 Å². The molecule has 1 atom stereocenters. The van der Waals surface area contributed by atoms with E-state index < -0.39 is 10.0 Å². The lowest BCUT2D eigenvalue weighted by Gasteiger charge is -2.23. The molecule has 0 saturated carbocycles. The maximum Gasteiger partial charge on any atom is 0.264 e. The second-order valence-electron chi connectivity index (χ2n) is 6.93. The van der Waals surface area contributed by atoms with Crippen LogP contribution in [0.2, 0.25) is 0 Å². The number of amides is 1. The van der Waals surface area contributed by atoms with Crippen molar-refractivity contribution in [1.29, 1.82) is 0 Å². The van der Waals surface area contributed by atoms with E-state index in [1.807, 2.05) is 0 Å². The first-order valence-electron chi connectivity index (χ1n) is 9.68. The number of rotatable bonds is 8. The molecule has 0 heterocycles. The third-order valence-corrected chi connectivity index (χ3v) is 6.57. The van der Waals surface area contributed by atoms with E-state index >= 15 is 0 Å². The molecule has 3 aromatic rings.